The maximum atomic E-state index is 13.2. The number of halogens is 2. The van der Waals surface area contributed by atoms with Gasteiger partial charge in [0.1, 0.15) is 11.6 Å². The van der Waals surface area contributed by atoms with E-state index in [-0.39, 0.29) is 17.5 Å². The van der Waals surface area contributed by atoms with Gasteiger partial charge in [-0.2, -0.15) is 0 Å². The van der Waals surface area contributed by atoms with Gasteiger partial charge >= 0.3 is 0 Å². The van der Waals surface area contributed by atoms with Crippen molar-refractivity contribution in [2.75, 3.05) is 20.1 Å². The number of carbonyl (C=O) groups excluding carboxylic acids is 1. The highest BCUT2D eigenvalue weighted by Crippen LogP contribution is 2.22. The molecular formula is C15H20F2N2O. The molecule has 1 N–H and O–H groups in total. The minimum absolute atomic E-state index is 0.0962. The molecule has 1 heterocycles. The van der Waals surface area contributed by atoms with Gasteiger partial charge in [-0.05, 0) is 51.4 Å². The summed E-state index contributed by atoms with van der Waals surface area (Å²) in [5.41, 5.74) is 0.0962. The molecule has 110 valence electrons. The zero-order chi connectivity index (χ0) is 14.5. The number of rotatable bonds is 4. The Kier molecular flexibility index (Phi) is 5.06. The Balaban J connectivity index is 2.16. The van der Waals surface area contributed by atoms with Crippen molar-refractivity contribution in [2.24, 2.45) is 0 Å². The minimum Gasteiger partial charge on any atom is -0.336 e. The Hall–Kier alpha value is -1.49. The molecule has 0 aliphatic carbocycles. The molecule has 3 nitrogen and oxygen atoms in total. The Morgan fingerprint density at radius 2 is 2.00 bits per heavy atom. The molecule has 1 unspecified atom stereocenters. The van der Waals surface area contributed by atoms with Gasteiger partial charge in [0.05, 0.1) is 0 Å². The highest BCUT2D eigenvalue weighted by atomic mass is 19.1. The maximum absolute atomic E-state index is 13.2. The lowest BCUT2D eigenvalue weighted by atomic mass is 9.98. The minimum atomic E-state index is -0.711. The third kappa shape index (κ3) is 3.54. The molecule has 0 saturated carbocycles. The molecule has 1 aliphatic heterocycles. The van der Waals surface area contributed by atoms with E-state index in [2.05, 4.69) is 5.32 Å². The quantitative estimate of drug-likeness (QED) is 0.920. The van der Waals surface area contributed by atoms with Gasteiger partial charge < -0.3 is 10.2 Å². The second-order valence-electron chi connectivity index (χ2n) is 5.20. The zero-order valence-corrected chi connectivity index (χ0v) is 11.7. The predicted octanol–water partition coefficient (Wildman–Crippen LogP) is 2.57. The van der Waals surface area contributed by atoms with E-state index in [1.807, 2.05) is 7.05 Å². The van der Waals surface area contributed by atoms with Crippen LogP contribution >= 0.6 is 0 Å². The highest BCUT2D eigenvalue weighted by Gasteiger charge is 2.27. The molecular weight excluding hydrogens is 262 g/mol. The lowest BCUT2D eigenvalue weighted by Gasteiger charge is -2.36. The summed E-state index contributed by atoms with van der Waals surface area (Å²) in [5, 5.41) is 3.07. The molecule has 1 aliphatic rings. The van der Waals surface area contributed by atoms with Crippen LogP contribution in [0.2, 0.25) is 0 Å². The summed E-state index contributed by atoms with van der Waals surface area (Å²) in [7, 11) is 1.87. The summed E-state index contributed by atoms with van der Waals surface area (Å²) >= 11 is 0. The summed E-state index contributed by atoms with van der Waals surface area (Å²) in [6, 6.07) is 3.14. The third-order valence-electron chi connectivity index (χ3n) is 3.73. The van der Waals surface area contributed by atoms with Gasteiger partial charge in [0.15, 0.2) is 0 Å². The molecule has 1 fully saturated rings. The van der Waals surface area contributed by atoms with E-state index in [1.165, 1.54) is 0 Å². The van der Waals surface area contributed by atoms with E-state index in [1.54, 1.807) is 4.90 Å². The molecule has 0 aromatic heterocycles. The van der Waals surface area contributed by atoms with Crippen LogP contribution in [0.25, 0.3) is 0 Å². The first-order chi connectivity index (χ1) is 9.61. The molecule has 1 aromatic carbocycles. The van der Waals surface area contributed by atoms with Crippen molar-refractivity contribution >= 4 is 5.91 Å². The molecule has 2 rings (SSSR count). The van der Waals surface area contributed by atoms with Crippen molar-refractivity contribution < 1.29 is 13.6 Å². The van der Waals surface area contributed by atoms with Crippen LogP contribution in [0.3, 0.4) is 0 Å². The monoisotopic (exact) mass is 282 g/mol. The Labute approximate surface area is 118 Å². The zero-order valence-electron chi connectivity index (χ0n) is 11.7. The first-order valence-corrected chi connectivity index (χ1v) is 7.03. The number of hydrogen-bond acceptors (Lipinski definition) is 2. The van der Waals surface area contributed by atoms with Crippen molar-refractivity contribution in [3.05, 3.63) is 35.4 Å². The fourth-order valence-corrected chi connectivity index (χ4v) is 2.72. The first-order valence-electron chi connectivity index (χ1n) is 7.03. The first kappa shape index (κ1) is 14.9. The maximum Gasteiger partial charge on any atom is 0.254 e. The van der Waals surface area contributed by atoms with Crippen LogP contribution in [0, 0.1) is 11.6 Å². The number of benzene rings is 1. The lowest BCUT2D eigenvalue weighted by Crippen LogP contribution is -2.44. The van der Waals surface area contributed by atoms with Crippen LogP contribution in [-0.2, 0) is 0 Å². The van der Waals surface area contributed by atoms with Gasteiger partial charge in [0, 0.05) is 24.2 Å². The summed E-state index contributed by atoms with van der Waals surface area (Å²) < 4.78 is 26.5. The average molecular weight is 282 g/mol. The van der Waals surface area contributed by atoms with Crippen LogP contribution in [0.1, 0.15) is 36.0 Å². The SMILES string of the molecule is CNCCC1CCCCN1C(=O)c1cc(F)cc(F)c1. The summed E-state index contributed by atoms with van der Waals surface area (Å²) in [6.07, 6.45) is 3.85. The van der Waals surface area contributed by atoms with Gasteiger partial charge in [-0.25, -0.2) is 8.78 Å². The Morgan fingerprint density at radius 1 is 1.30 bits per heavy atom. The smallest absolute Gasteiger partial charge is 0.254 e. The molecule has 1 saturated heterocycles. The van der Waals surface area contributed by atoms with E-state index in [4.69, 9.17) is 0 Å². The van der Waals surface area contributed by atoms with Crippen molar-refractivity contribution in [3.63, 3.8) is 0 Å². The number of nitrogens with one attached hydrogen (secondary N) is 1. The fourth-order valence-electron chi connectivity index (χ4n) is 2.72. The molecule has 20 heavy (non-hydrogen) atoms. The van der Waals surface area contributed by atoms with Crippen LogP contribution < -0.4 is 5.32 Å². The standard InChI is InChI=1S/C15H20F2N2O/c1-18-6-5-14-4-2-3-7-19(14)15(20)11-8-12(16)10-13(17)9-11/h8-10,14,18H,2-7H2,1H3. The van der Waals surface area contributed by atoms with Gasteiger partial charge in [-0.3, -0.25) is 4.79 Å². The number of carbonyl (C=O) groups is 1. The molecule has 1 aromatic rings. The third-order valence-corrected chi connectivity index (χ3v) is 3.73. The normalized spacial score (nSPS) is 19.1. The summed E-state index contributed by atoms with van der Waals surface area (Å²) in [4.78, 5) is 14.2. The Morgan fingerprint density at radius 3 is 2.65 bits per heavy atom. The topological polar surface area (TPSA) is 32.3 Å². The van der Waals surface area contributed by atoms with Crippen LogP contribution in [0.4, 0.5) is 8.78 Å². The summed E-state index contributed by atoms with van der Waals surface area (Å²) in [6.45, 7) is 1.48. The van der Waals surface area contributed by atoms with Crippen molar-refractivity contribution in [2.45, 2.75) is 31.7 Å². The molecule has 0 bridgehead atoms. The number of hydrogen-bond donors (Lipinski definition) is 1. The van der Waals surface area contributed by atoms with Gasteiger partial charge in [-0.1, -0.05) is 0 Å². The second-order valence-corrected chi connectivity index (χ2v) is 5.20. The van der Waals surface area contributed by atoms with E-state index in [0.29, 0.717) is 6.54 Å². The van der Waals surface area contributed by atoms with Crippen molar-refractivity contribution in [3.8, 4) is 0 Å². The van der Waals surface area contributed by atoms with Crippen LogP contribution in [-0.4, -0.2) is 37.0 Å². The lowest BCUT2D eigenvalue weighted by molar-refractivity contribution is 0.0601. The molecule has 0 spiro atoms. The number of likely N-dealkylation sites (tertiary alicyclic amines) is 1. The fraction of sp³-hybridized carbons (Fsp3) is 0.533. The van der Waals surface area contributed by atoms with E-state index >= 15 is 0 Å². The van der Waals surface area contributed by atoms with Crippen LogP contribution in [0.5, 0.6) is 0 Å². The van der Waals surface area contributed by atoms with Gasteiger partial charge in [0.25, 0.3) is 5.91 Å². The van der Waals surface area contributed by atoms with Gasteiger partial charge in [-0.15, -0.1) is 0 Å². The van der Waals surface area contributed by atoms with Gasteiger partial charge in [0.2, 0.25) is 0 Å². The van der Waals surface area contributed by atoms with E-state index < -0.39 is 11.6 Å². The molecule has 1 atom stereocenters. The average Bonchev–Trinajstić information content (AvgIpc) is 2.43. The molecule has 5 heteroatoms. The second kappa shape index (κ2) is 6.79. The number of nitrogens with zero attached hydrogens (tertiary/aromatic N) is 1. The summed E-state index contributed by atoms with van der Waals surface area (Å²) in [5.74, 6) is -1.70. The van der Waals surface area contributed by atoms with Crippen molar-refractivity contribution in [1.82, 2.24) is 10.2 Å². The largest absolute Gasteiger partial charge is 0.336 e. The van der Waals surface area contributed by atoms with Crippen LogP contribution in [0.15, 0.2) is 18.2 Å². The highest BCUT2D eigenvalue weighted by molar-refractivity contribution is 5.94. The molecule has 0 radical (unpaired) electrons. The molecule has 1 amide bonds. The predicted molar refractivity (Wildman–Crippen MR) is 73.6 cm³/mol. The number of amides is 1. The van der Waals surface area contributed by atoms with Crippen molar-refractivity contribution in [1.29, 1.82) is 0 Å². The van der Waals surface area contributed by atoms with E-state index in [9.17, 15) is 13.6 Å². The van der Waals surface area contributed by atoms with E-state index in [0.717, 1.165) is 50.4 Å². The Bertz CT molecular complexity index is 459. The number of piperidine rings is 1.